The van der Waals surface area contributed by atoms with Crippen LogP contribution in [0.2, 0.25) is 0 Å². The molecule has 1 aromatic rings. The van der Waals surface area contributed by atoms with Crippen LogP contribution in [0.15, 0.2) is 22.7 Å². The molecule has 0 spiro atoms. The molecule has 92 valence electrons. The predicted octanol–water partition coefficient (Wildman–Crippen LogP) is 3.04. The summed E-state index contributed by atoms with van der Waals surface area (Å²) < 4.78 is 0.694. The smallest absolute Gasteiger partial charge is 0.251 e. The topological polar surface area (TPSA) is 46.2 Å². The Morgan fingerprint density at radius 3 is 2.59 bits per heavy atom. The van der Waals surface area contributed by atoms with Crippen molar-refractivity contribution in [3.05, 3.63) is 33.8 Å². The molecule has 1 aromatic carbocycles. The summed E-state index contributed by atoms with van der Waals surface area (Å²) in [5.74, 6) is -0.157. The second-order valence-electron chi connectivity index (χ2n) is 5.10. The molecule has 1 amide bonds. The van der Waals surface area contributed by atoms with E-state index in [1.54, 1.807) is 18.2 Å². The Balaban J connectivity index is 2.79. The number of nitrogens with one attached hydrogen (secondary N) is 1. The lowest BCUT2D eigenvalue weighted by atomic mass is 9.97. The quantitative estimate of drug-likeness (QED) is 0.872. The van der Waals surface area contributed by atoms with E-state index in [1.165, 1.54) is 0 Å². The van der Waals surface area contributed by atoms with Crippen molar-refractivity contribution >= 4 is 28.1 Å². The maximum atomic E-state index is 11.8. The molecule has 0 saturated heterocycles. The Hall–Kier alpha value is -1.16. The van der Waals surface area contributed by atoms with Gasteiger partial charge in [0.1, 0.15) is 0 Å². The summed E-state index contributed by atoms with van der Waals surface area (Å²) in [6, 6.07) is 4.97. The summed E-state index contributed by atoms with van der Waals surface area (Å²) in [6.45, 7) is 6.74. The van der Waals surface area contributed by atoms with Gasteiger partial charge in [-0.05, 0) is 23.6 Å². The van der Waals surface area contributed by atoms with Crippen LogP contribution >= 0.6 is 15.9 Å². The third kappa shape index (κ3) is 4.30. The molecule has 0 aromatic heterocycles. The number of hydrogen-bond acceptors (Lipinski definition) is 2. The summed E-state index contributed by atoms with van der Waals surface area (Å²) >= 11 is 3.25. The number of benzene rings is 1. The first-order valence-electron chi connectivity index (χ1n) is 5.36. The van der Waals surface area contributed by atoms with E-state index in [-0.39, 0.29) is 11.3 Å². The first kappa shape index (κ1) is 13.9. The Bertz CT molecular complexity index is 436. The van der Waals surface area contributed by atoms with Crippen LogP contribution in [0.4, 0.5) is 0 Å². The zero-order valence-electron chi connectivity index (χ0n) is 10.2. The van der Waals surface area contributed by atoms with Gasteiger partial charge in [-0.15, -0.1) is 0 Å². The number of carbonyl (C=O) groups excluding carboxylic acids is 2. The van der Waals surface area contributed by atoms with Crippen molar-refractivity contribution < 1.29 is 9.59 Å². The third-order valence-electron chi connectivity index (χ3n) is 2.16. The minimum Gasteiger partial charge on any atom is -0.352 e. The number of rotatable bonds is 3. The van der Waals surface area contributed by atoms with Crippen molar-refractivity contribution in [2.45, 2.75) is 20.8 Å². The lowest BCUT2D eigenvalue weighted by Crippen LogP contribution is -2.32. The van der Waals surface area contributed by atoms with E-state index in [9.17, 15) is 9.59 Å². The molecule has 0 heterocycles. The van der Waals surface area contributed by atoms with Gasteiger partial charge in [0.15, 0.2) is 6.29 Å². The Kier molecular flexibility index (Phi) is 4.46. The molecule has 0 saturated carbocycles. The van der Waals surface area contributed by atoms with Crippen LogP contribution in [0.25, 0.3) is 0 Å². The highest BCUT2D eigenvalue weighted by Gasteiger charge is 2.13. The summed E-state index contributed by atoms with van der Waals surface area (Å²) in [7, 11) is 0. The zero-order valence-corrected chi connectivity index (χ0v) is 11.8. The SMILES string of the molecule is CC(C)(C)CNC(=O)c1ccc(Br)c(C=O)c1. The molecule has 1 N–H and O–H groups in total. The molecule has 0 unspecified atom stereocenters. The molecular weight excluding hydrogens is 282 g/mol. The summed E-state index contributed by atoms with van der Waals surface area (Å²) in [6.07, 6.45) is 0.727. The fourth-order valence-corrected chi connectivity index (χ4v) is 1.56. The van der Waals surface area contributed by atoms with Gasteiger partial charge in [0, 0.05) is 22.1 Å². The van der Waals surface area contributed by atoms with Crippen LogP contribution < -0.4 is 5.32 Å². The van der Waals surface area contributed by atoms with E-state index >= 15 is 0 Å². The van der Waals surface area contributed by atoms with E-state index in [0.717, 1.165) is 6.29 Å². The Labute approximate surface area is 110 Å². The van der Waals surface area contributed by atoms with Crippen molar-refractivity contribution in [1.82, 2.24) is 5.32 Å². The van der Waals surface area contributed by atoms with Crippen LogP contribution in [0.3, 0.4) is 0 Å². The highest BCUT2D eigenvalue weighted by molar-refractivity contribution is 9.10. The molecule has 1 rings (SSSR count). The number of amides is 1. The van der Waals surface area contributed by atoms with Gasteiger partial charge in [-0.2, -0.15) is 0 Å². The van der Waals surface area contributed by atoms with Gasteiger partial charge in [-0.3, -0.25) is 9.59 Å². The summed E-state index contributed by atoms with van der Waals surface area (Å²) in [5, 5.41) is 2.84. The molecular formula is C13H16BrNO2. The predicted molar refractivity (Wildman–Crippen MR) is 71.3 cm³/mol. The van der Waals surface area contributed by atoms with Gasteiger partial charge >= 0.3 is 0 Å². The van der Waals surface area contributed by atoms with Gasteiger partial charge < -0.3 is 5.32 Å². The van der Waals surface area contributed by atoms with Crippen molar-refractivity contribution in [1.29, 1.82) is 0 Å². The van der Waals surface area contributed by atoms with Crippen LogP contribution in [-0.4, -0.2) is 18.7 Å². The van der Waals surface area contributed by atoms with E-state index in [2.05, 4.69) is 21.2 Å². The van der Waals surface area contributed by atoms with E-state index in [1.807, 2.05) is 20.8 Å². The number of carbonyl (C=O) groups is 2. The minimum atomic E-state index is -0.157. The van der Waals surface area contributed by atoms with Crippen LogP contribution in [0.5, 0.6) is 0 Å². The molecule has 0 bridgehead atoms. The van der Waals surface area contributed by atoms with Crippen LogP contribution in [0, 0.1) is 5.41 Å². The van der Waals surface area contributed by atoms with Gasteiger partial charge in [-0.1, -0.05) is 36.7 Å². The molecule has 0 aliphatic rings. The van der Waals surface area contributed by atoms with Crippen molar-refractivity contribution in [2.24, 2.45) is 5.41 Å². The van der Waals surface area contributed by atoms with Crippen molar-refractivity contribution in [3.63, 3.8) is 0 Å². The summed E-state index contributed by atoms with van der Waals surface area (Å²) in [5.41, 5.74) is 1.02. The molecule has 0 aliphatic carbocycles. The molecule has 0 fully saturated rings. The molecule has 3 nitrogen and oxygen atoms in total. The lowest BCUT2D eigenvalue weighted by molar-refractivity contribution is 0.0939. The second kappa shape index (κ2) is 5.45. The second-order valence-corrected chi connectivity index (χ2v) is 5.95. The monoisotopic (exact) mass is 297 g/mol. The average Bonchev–Trinajstić information content (AvgIpc) is 2.25. The van der Waals surface area contributed by atoms with Gasteiger partial charge in [0.2, 0.25) is 0 Å². The standard InChI is InChI=1S/C13H16BrNO2/c1-13(2,3)8-15-12(17)9-4-5-11(14)10(6-9)7-16/h4-7H,8H2,1-3H3,(H,15,17). The summed E-state index contributed by atoms with van der Waals surface area (Å²) in [4.78, 5) is 22.6. The minimum absolute atomic E-state index is 0.0402. The third-order valence-corrected chi connectivity index (χ3v) is 2.89. The molecule has 0 radical (unpaired) electrons. The van der Waals surface area contributed by atoms with Crippen molar-refractivity contribution in [3.8, 4) is 0 Å². The molecule has 4 heteroatoms. The van der Waals surface area contributed by atoms with E-state index in [0.29, 0.717) is 22.1 Å². The first-order valence-corrected chi connectivity index (χ1v) is 6.16. The maximum Gasteiger partial charge on any atom is 0.251 e. The lowest BCUT2D eigenvalue weighted by Gasteiger charge is -2.18. The number of halogens is 1. The Morgan fingerprint density at radius 1 is 1.41 bits per heavy atom. The normalized spacial score (nSPS) is 11.1. The van der Waals surface area contributed by atoms with E-state index in [4.69, 9.17) is 0 Å². The molecule has 0 atom stereocenters. The van der Waals surface area contributed by atoms with Crippen molar-refractivity contribution in [2.75, 3.05) is 6.54 Å². The van der Waals surface area contributed by atoms with Gasteiger partial charge in [0.05, 0.1) is 0 Å². The van der Waals surface area contributed by atoms with Gasteiger partial charge in [0.25, 0.3) is 5.91 Å². The highest BCUT2D eigenvalue weighted by atomic mass is 79.9. The maximum absolute atomic E-state index is 11.8. The fourth-order valence-electron chi connectivity index (χ4n) is 1.22. The number of hydrogen-bond donors (Lipinski definition) is 1. The van der Waals surface area contributed by atoms with E-state index < -0.39 is 0 Å². The number of aldehydes is 1. The fraction of sp³-hybridized carbons (Fsp3) is 0.385. The largest absolute Gasteiger partial charge is 0.352 e. The van der Waals surface area contributed by atoms with Crippen LogP contribution in [0.1, 0.15) is 41.5 Å². The van der Waals surface area contributed by atoms with Gasteiger partial charge in [-0.25, -0.2) is 0 Å². The highest BCUT2D eigenvalue weighted by Crippen LogP contribution is 2.17. The Morgan fingerprint density at radius 2 is 2.06 bits per heavy atom. The zero-order chi connectivity index (χ0) is 13.1. The first-order chi connectivity index (χ1) is 7.83. The van der Waals surface area contributed by atoms with Crippen LogP contribution in [-0.2, 0) is 0 Å². The molecule has 17 heavy (non-hydrogen) atoms. The molecule has 0 aliphatic heterocycles. The average molecular weight is 298 g/mol.